The van der Waals surface area contributed by atoms with Crippen LogP contribution in [0, 0.1) is 0 Å². The van der Waals surface area contributed by atoms with Crippen molar-refractivity contribution >= 4 is 34.2 Å². The van der Waals surface area contributed by atoms with Gasteiger partial charge in [0.1, 0.15) is 23.3 Å². The molecule has 0 aliphatic heterocycles. The largest absolute Gasteiger partial charge is 0.463 e. The zero-order valence-corrected chi connectivity index (χ0v) is 14.8. The lowest BCUT2D eigenvalue weighted by atomic mass is 10.2. The summed E-state index contributed by atoms with van der Waals surface area (Å²) in [5.74, 6) is -0.546. The molecule has 0 atom stereocenters. The monoisotopic (exact) mass is 382 g/mol. The van der Waals surface area contributed by atoms with Gasteiger partial charge in [-0.25, -0.2) is 19.3 Å². The van der Waals surface area contributed by atoms with Gasteiger partial charge >= 0.3 is 12.0 Å². The van der Waals surface area contributed by atoms with Gasteiger partial charge in [-0.3, -0.25) is 4.79 Å². The number of oxazole rings is 1. The Morgan fingerprint density at radius 2 is 2.14 bits per heavy atom. The van der Waals surface area contributed by atoms with Crippen LogP contribution >= 0.6 is 0 Å². The summed E-state index contributed by atoms with van der Waals surface area (Å²) >= 11 is 0. The summed E-state index contributed by atoms with van der Waals surface area (Å²) < 4.78 is 16.2. The van der Waals surface area contributed by atoms with Gasteiger partial charge in [0, 0.05) is 19.3 Å². The van der Waals surface area contributed by atoms with E-state index < -0.39 is 11.5 Å². The first kappa shape index (κ1) is 17.3. The van der Waals surface area contributed by atoms with Crippen LogP contribution in [0.2, 0.25) is 0 Å². The number of nitrogens with zero attached hydrogens (tertiary/aromatic N) is 4. The molecule has 0 saturated heterocycles. The number of carbonyl (C=O) groups is 1. The Kier molecular flexibility index (Phi) is 4.24. The summed E-state index contributed by atoms with van der Waals surface area (Å²) in [5.41, 5.74) is 0.946. The molecule has 0 radical (unpaired) electrons. The maximum absolute atomic E-state index is 12.7. The molecule has 142 valence electrons. The first-order chi connectivity index (χ1) is 13.6. The van der Waals surface area contributed by atoms with Gasteiger partial charge < -0.3 is 24.3 Å². The molecule has 2 N–H and O–H groups in total. The summed E-state index contributed by atoms with van der Waals surface area (Å²) in [6.45, 7) is 0. The number of methoxy groups -OCH3 is 1. The fourth-order valence-electron chi connectivity index (χ4n) is 2.62. The van der Waals surface area contributed by atoms with E-state index in [0.717, 1.165) is 0 Å². The van der Waals surface area contributed by atoms with E-state index in [-0.39, 0.29) is 23.0 Å². The van der Waals surface area contributed by atoms with Crippen molar-refractivity contribution in [3.63, 3.8) is 0 Å². The van der Waals surface area contributed by atoms with E-state index in [1.54, 1.807) is 25.2 Å². The zero-order chi connectivity index (χ0) is 19.7. The van der Waals surface area contributed by atoms with Crippen molar-refractivity contribution in [2.24, 2.45) is 0 Å². The quantitative estimate of drug-likeness (QED) is 0.492. The van der Waals surface area contributed by atoms with Crippen molar-refractivity contribution in [2.75, 3.05) is 24.8 Å². The molecule has 0 aliphatic carbocycles. The van der Waals surface area contributed by atoms with Gasteiger partial charge in [0.25, 0.3) is 11.3 Å². The number of anilines is 3. The number of hydrogen-bond acceptors (Lipinski definition) is 10. The summed E-state index contributed by atoms with van der Waals surface area (Å²) in [7, 11) is 2.91. The van der Waals surface area contributed by atoms with Crippen LogP contribution in [0.15, 0.2) is 50.6 Å². The maximum atomic E-state index is 12.7. The number of aromatic nitrogens is 4. The van der Waals surface area contributed by atoms with Crippen molar-refractivity contribution in [1.82, 2.24) is 19.7 Å². The lowest BCUT2D eigenvalue weighted by Gasteiger charge is -2.09. The van der Waals surface area contributed by atoms with Gasteiger partial charge in [0.15, 0.2) is 5.52 Å². The van der Waals surface area contributed by atoms with Gasteiger partial charge in [-0.15, -0.1) is 0 Å². The van der Waals surface area contributed by atoms with Crippen LogP contribution in [-0.2, 0) is 4.74 Å². The van der Waals surface area contributed by atoms with Crippen molar-refractivity contribution in [2.45, 2.75) is 0 Å². The van der Waals surface area contributed by atoms with Crippen LogP contribution in [0.25, 0.3) is 17.0 Å². The van der Waals surface area contributed by atoms with Crippen LogP contribution < -0.4 is 16.2 Å². The fraction of sp³-hybridized carbons (Fsp3) is 0.118. The Balaban J connectivity index is 1.79. The van der Waals surface area contributed by atoms with Gasteiger partial charge in [-0.05, 0) is 12.1 Å². The minimum Gasteiger partial charge on any atom is -0.463 e. The van der Waals surface area contributed by atoms with Crippen LogP contribution in [0.4, 0.5) is 17.2 Å². The molecule has 0 bridgehead atoms. The molecule has 0 aromatic carbocycles. The third-order valence-corrected chi connectivity index (χ3v) is 3.91. The molecule has 11 nitrogen and oxygen atoms in total. The van der Waals surface area contributed by atoms with Crippen LogP contribution in [0.5, 0.6) is 0 Å². The normalized spacial score (nSPS) is 10.8. The first-order valence-electron chi connectivity index (χ1n) is 8.07. The molecule has 0 amide bonds. The number of esters is 1. The predicted octanol–water partition coefficient (Wildman–Crippen LogP) is 1.93. The summed E-state index contributed by atoms with van der Waals surface area (Å²) in [4.78, 5) is 32.9. The average Bonchev–Trinajstić information content (AvgIpc) is 3.38. The highest BCUT2D eigenvalue weighted by Gasteiger charge is 2.22. The van der Waals surface area contributed by atoms with E-state index in [2.05, 4.69) is 30.5 Å². The summed E-state index contributed by atoms with van der Waals surface area (Å²) in [6.07, 6.45) is 4.35. The molecule has 0 unspecified atom stereocenters. The molecule has 4 heterocycles. The second-order valence-corrected chi connectivity index (χ2v) is 5.54. The molecule has 0 aliphatic rings. The second-order valence-electron chi connectivity index (χ2n) is 5.54. The van der Waals surface area contributed by atoms with Gasteiger partial charge in [0.05, 0.1) is 19.0 Å². The topological polar surface area (TPSA) is 137 Å². The van der Waals surface area contributed by atoms with Crippen molar-refractivity contribution in [1.29, 1.82) is 0 Å². The molecule has 4 aromatic heterocycles. The van der Waals surface area contributed by atoms with E-state index in [4.69, 9.17) is 8.94 Å². The Morgan fingerprint density at radius 1 is 1.29 bits per heavy atom. The molecular formula is C17H14N6O5. The Bertz CT molecular complexity index is 1210. The van der Waals surface area contributed by atoms with E-state index >= 15 is 0 Å². The third-order valence-electron chi connectivity index (χ3n) is 3.91. The lowest BCUT2D eigenvalue weighted by molar-refractivity contribution is 0.0557. The average molecular weight is 382 g/mol. The van der Waals surface area contributed by atoms with Crippen molar-refractivity contribution < 1.29 is 18.5 Å². The van der Waals surface area contributed by atoms with Gasteiger partial charge in [0.2, 0.25) is 0 Å². The van der Waals surface area contributed by atoms with E-state index in [0.29, 0.717) is 17.0 Å². The Hall–Kier alpha value is -4.15. The Labute approximate surface area is 156 Å². The highest BCUT2D eigenvalue weighted by atomic mass is 16.5. The molecule has 28 heavy (non-hydrogen) atoms. The molecule has 0 saturated carbocycles. The highest BCUT2D eigenvalue weighted by molar-refractivity contribution is 6.03. The SMILES string of the molecule is CNc1cc(Nc2cccn(-c3ncco3)c2=O)nc2c(C(=O)OC)onc12. The lowest BCUT2D eigenvalue weighted by Crippen LogP contribution is -2.20. The summed E-state index contributed by atoms with van der Waals surface area (Å²) in [6, 6.07) is 5.01. The molecule has 4 aromatic rings. The van der Waals surface area contributed by atoms with Gasteiger partial charge in [-0.1, -0.05) is 5.16 Å². The number of ether oxygens (including phenoxy) is 1. The number of carbonyl (C=O) groups excluding carboxylic acids is 1. The summed E-state index contributed by atoms with van der Waals surface area (Å²) in [5, 5.41) is 9.75. The maximum Gasteiger partial charge on any atom is 0.379 e. The number of rotatable bonds is 5. The number of hydrogen-bond donors (Lipinski definition) is 2. The van der Waals surface area contributed by atoms with Crippen LogP contribution in [0.3, 0.4) is 0 Å². The van der Waals surface area contributed by atoms with Crippen LogP contribution in [0.1, 0.15) is 10.6 Å². The zero-order valence-electron chi connectivity index (χ0n) is 14.8. The molecular weight excluding hydrogens is 368 g/mol. The minimum absolute atomic E-state index is 0.136. The van der Waals surface area contributed by atoms with E-state index in [1.807, 2.05) is 0 Å². The molecule has 4 rings (SSSR count). The highest BCUT2D eigenvalue weighted by Crippen LogP contribution is 2.28. The smallest absolute Gasteiger partial charge is 0.379 e. The van der Waals surface area contributed by atoms with Gasteiger partial charge in [-0.2, -0.15) is 0 Å². The van der Waals surface area contributed by atoms with Crippen molar-refractivity contribution in [3.05, 3.63) is 53.0 Å². The second kappa shape index (κ2) is 6.87. The molecule has 11 heteroatoms. The fourth-order valence-corrected chi connectivity index (χ4v) is 2.62. The number of fused-ring (bicyclic) bond motifs is 1. The third kappa shape index (κ3) is 2.84. The Morgan fingerprint density at radius 3 is 2.86 bits per heavy atom. The van der Waals surface area contributed by atoms with Crippen LogP contribution in [-0.4, -0.2) is 39.8 Å². The number of nitrogens with one attached hydrogen (secondary N) is 2. The predicted molar refractivity (Wildman–Crippen MR) is 98.1 cm³/mol. The molecule has 0 fully saturated rings. The molecule has 0 spiro atoms. The van der Waals surface area contributed by atoms with E-state index in [9.17, 15) is 9.59 Å². The standard InChI is InChI=1S/C17H14N6O5/c1-18-10-8-11(21-13-12(10)22-28-14(13)16(25)26-2)20-9-4-3-6-23(15(9)24)17-19-5-7-27-17/h3-8,18H,1-2H3,(H,20,21). The van der Waals surface area contributed by atoms with Crippen molar-refractivity contribution in [3.8, 4) is 6.01 Å². The number of pyridine rings is 2. The minimum atomic E-state index is -0.708. The first-order valence-corrected chi connectivity index (χ1v) is 8.07. The van der Waals surface area contributed by atoms with E-state index in [1.165, 1.54) is 30.3 Å².